The van der Waals surface area contributed by atoms with E-state index in [1.807, 2.05) is 29.0 Å². The molecule has 1 aliphatic rings. The van der Waals surface area contributed by atoms with Crippen LogP contribution in [0.25, 0.3) is 21.6 Å². The number of carbonyl (C=O) groups is 1. The molecular formula is C20H16F2N4O. The standard InChI is InChI=1S/C20H16F2N4O/c1-23-16-2-4-17(5-3-16)26-9-6-14-12-15(13-24-18(14)26)19(27)25-10-7-20(21,22)8-11-25/h2-6,9,12-13H,7-8,10-11H2. The normalized spacial score (nSPS) is 16.3. The topological polar surface area (TPSA) is 42.5 Å². The Morgan fingerprint density at radius 3 is 2.52 bits per heavy atom. The summed E-state index contributed by atoms with van der Waals surface area (Å²) in [4.78, 5) is 21.9. The molecule has 0 N–H and O–H groups in total. The van der Waals surface area contributed by atoms with E-state index in [9.17, 15) is 13.6 Å². The van der Waals surface area contributed by atoms with E-state index in [0.29, 0.717) is 16.9 Å². The number of alkyl halides is 2. The van der Waals surface area contributed by atoms with Crippen LogP contribution in [0.4, 0.5) is 14.5 Å². The van der Waals surface area contributed by atoms with Crippen molar-refractivity contribution < 1.29 is 13.6 Å². The molecular weight excluding hydrogens is 350 g/mol. The van der Waals surface area contributed by atoms with E-state index in [2.05, 4.69) is 9.83 Å². The Bertz CT molecular complexity index is 1040. The maximum atomic E-state index is 13.3. The van der Waals surface area contributed by atoms with Crippen molar-refractivity contribution in [2.24, 2.45) is 0 Å². The molecule has 27 heavy (non-hydrogen) atoms. The molecule has 3 aromatic rings. The van der Waals surface area contributed by atoms with Gasteiger partial charge in [0.2, 0.25) is 0 Å². The molecule has 1 fully saturated rings. The molecule has 0 atom stereocenters. The first kappa shape index (κ1) is 17.2. The molecule has 1 saturated heterocycles. The van der Waals surface area contributed by atoms with E-state index < -0.39 is 5.92 Å². The summed E-state index contributed by atoms with van der Waals surface area (Å²) < 4.78 is 28.5. The van der Waals surface area contributed by atoms with Gasteiger partial charge in [-0.2, -0.15) is 0 Å². The smallest absolute Gasteiger partial charge is 0.255 e. The average Bonchev–Trinajstić information content (AvgIpc) is 3.10. The van der Waals surface area contributed by atoms with Crippen molar-refractivity contribution in [1.29, 1.82) is 0 Å². The zero-order valence-electron chi connectivity index (χ0n) is 14.4. The quantitative estimate of drug-likeness (QED) is 0.629. The third-order valence-corrected chi connectivity index (χ3v) is 4.81. The maximum Gasteiger partial charge on any atom is 0.255 e. The van der Waals surface area contributed by atoms with Gasteiger partial charge in [0.25, 0.3) is 11.8 Å². The van der Waals surface area contributed by atoms with Gasteiger partial charge >= 0.3 is 0 Å². The molecule has 0 saturated carbocycles. The minimum Gasteiger partial charge on any atom is -0.338 e. The number of aromatic nitrogens is 2. The number of pyridine rings is 1. The molecule has 4 rings (SSSR count). The number of piperidine rings is 1. The predicted octanol–water partition coefficient (Wildman–Crippen LogP) is 4.45. The van der Waals surface area contributed by atoms with Crippen molar-refractivity contribution in [3.05, 3.63) is 65.8 Å². The Morgan fingerprint density at radius 1 is 1.15 bits per heavy atom. The highest BCUT2D eigenvalue weighted by Gasteiger charge is 2.35. The zero-order chi connectivity index (χ0) is 19.0. The lowest BCUT2D eigenvalue weighted by Crippen LogP contribution is -2.42. The molecule has 0 spiro atoms. The van der Waals surface area contributed by atoms with Gasteiger partial charge in [0.1, 0.15) is 5.65 Å². The van der Waals surface area contributed by atoms with Gasteiger partial charge in [0.15, 0.2) is 5.69 Å². The predicted molar refractivity (Wildman–Crippen MR) is 97.4 cm³/mol. The summed E-state index contributed by atoms with van der Waals surface area (Å²) in [6.07, 6.45) is 2.73. The van der Waals surface area contributed by atoms with E-state index in [1.165, 1.54) is 11.1 Å². The number of rotatable bonds is 2. The molecule has 136 valence electrons. The third kappa shape index (κ3) is 3.26. The lowest BCUT2D eigenvalue weighted by Gasteiger charge is -2.31. The van der Waals surface area contributed by atoms with Gasteiger partial charge in [0.05, 0.1) is 12.1 Å². The molecule has 1 aromatic carbocycles. The highest BCUT2D eigenvalue weighted by atomic mass is 19.3. The number of hydrogen-bond acceptors (Lipinski definition) is 2. The fourth-order valence-corrected chi connectivity index (χ4v) is 3.26. The van der Waals surface area contributed by atoms with E-state index in [0.717, 1.165) is 11.1 Å². The first-order valence-corrected chi connectivity index (χ1v) is 8.59. The Morgan fingerprint density at radius 2 is 1.85 bits per heavy atom. The van der Waals surface area contributed by atoms with Gasteiger partial charge in [0, 0.05) is 49.4 Å². The highest BCUT2D eigenvalue weighted by Crippen LogP contribution is 2.29. The third-order valence-electron chi connectivity index (χ3n) is 4.81. The first-order valence-electron chi connectivity index (χ1n) is 8.59. The number of halogens is 2. The lowest BCUT2D eigenvalue weighted by molar-refractivity contribution is -0.0494. The van der Waals surface area contributed by atoms with Crippen LogP contribution in [0.1, 0.15) is 23.2 Å². The van der Waals surface area contributed by atoms with Gasteiger partial charge in [-0.15, -0.1) is 0 Å². The SMILES string of the molecule is [C-]#[N+]c1ccc(-n2ccc3cc(C(=O)N4CCC(F)(F)CC4)cnc32)cc1. The molecule has 3 heterocycles. The van der Waals surface area contributed by atoms with Gasteiger partial charge in [-0.05, 0) is 24.3 Å². The molecule has 2 aromatic heterocycles. The van der Waals surface area contributed by atoms with E-state index in [1.54, 1.807) is 18.2 Å². The van der Waals surface area contributed by atoms with E-state index in [-0.39, 0.29) is 31.8 Å². The summed E-state index contributed by atoms with van der Waals surface area (Å²) >= 11 is 0. The van der Waals surface area contributed by atoms with Gasteiger partial charge in [-0.3, -0.25) is 4.79 Å². The molecule has 1 aliphatic heterocycles. The Labute approximate surface area is 154 Å². The van der Waals surface area contributed by atoms with Crippen LogP contribution in [0.2, 0.25) is 0 Å². The van der Waals surface area contributed by atoms with Crippen LogP contribution in [0.5, 0.6) is 0 Å². The Kier molecular flexibility index (Phi) is 4.11. The number of amides is 1. The number of carbonyl (C=O) groups excluding carboxylic acids is 1. The molecule has 5 nitrogen and oxygen atoms in total. The van der Waals surface area contributed by atoms with Crippen molar-refractivity contribution in [2.45, 2.75) is 18.8 Å². The van der Waals surface area contributed by atoms with Crippen molar-refractivity contribution in [1.82, 2.24) is 14.5 Å². The van der Waals surface area contributed by atoms with Crippen molar-refractivity contribution >= 4 is 22.6 Å². The number of likely N-dealkylation sites (tertiary alicyclic amines) is 1. The van der Waals surface area contributed by atoms with Gasteiger partial charge in [-0.1, -0.05) is 12.1 Å². The van der Waals surface area contributed by atoms with E-state index in [4.69, 9.17) is 6.57 Å². The van der Waals surface area contributed by atoms with Crippen molar-refractivity contribution in [3.8, 4) is 5.69 Å². The molecule has 0 unspecified atom stereocenters. The van der Waals surface area contributed by atoms with Crippen LogP contribution in [0, 0.1) is 6.57 Å². The fourth-order valence-electron chi connectivity index (χ4n) is 3.26. The van der Waals surface area contributed by atoms with Crippen LogP contribution in [0.15, 0.2) is 48.8 Å². The zero-order valence-corrected chi connectivity index (χ0v) is 14.4. The van der Waals surface area contributed by atoms with Crippen LogP contribution in [-0.4, -0.2) is 39.4 Å². The van der Waals surface area contributed by atoms with Crippen LogP contribution in [0.3, 0.4) is 0 Å². The summed E-state index contributed by atoms with van der Waals surface area (Å²) in [6.45, 7) is 7.13. The second-order valence-electron chi connectivity index (χ2n) is 6.60. The van der Waals surface area contributed by atoms with Crippen molar-refractivity contribution in [3.63, 3.8) is 0 Å². The number of fused-ring (bicyclic) bond motifs is 1. The molecule has 0 aliphatic carbocycles. The summed E-state index contributed by atoms with van der Waals surface area (Å²) in [5.41, 5.74) is 2.51. The van der Waals surface area contributed by atoms with Crippen LogP contribution < -0.4 is 0 Å². The van der Waals surface area contributed by atoms with E-state index >= 15 is 0 Å². The molecule has 0 bridgehead atoms. The summed E-state index contributed by atoms with van der Waals surface area (Å²) in [5, 5.41) is 0.789. The number of nitrogens with zero attached hydrogens (tertiary/aromatic N) is 4. The second kappa shape index (κ2) is 6.47. The fraction of sp³-hybridized carbons (Fsp3) is 0.250. The lowest BCUT2D eigenvalue weighted by atomic mass is 10.1. The largest absolute Gasteiger partial charge is 0.338 e. The second-order valence-corrected chi connectivity index (χ2v) is 6.60. The minimum atomic E-state index is -2.68. The molecule has 0 radical (unpaired) electrons. The Hall–Kier alpha value is -3.27. The van der Waals surface area contributed by atoms with Crippen LogP contribution >= 0.6 is 0 Å². The number of benzene rings is 1. The van der Waals surface area contributed by atoms with Crippen LogP contribution in [-0.2, 0) is 0 Å². The highest BCUT2D eigenvalue weighted by molar-refractivity contribution is 5.97. The first-order chi connectivity index (χ1) is 13.0. The summed E-state index contributed by atoms with van der Waals surface area (Å²) in [7, 11) is 0. The average molecular weight is 366 g/mol. The van der Waals surface area contributed by atoms with Crippen molar-refractivity contribution in [2.75, 3.05) is 13.1 Å². The monoisotopic (exact) mass is 366 g/mol. The molecule has 7 heteroatoms. The number of hydrogen-bond donors (Lipinski definition) is 0. The minimum absolute atomic E-state index is 0.0539. The van der Waals surface area contributed by atoms with Gasteiger partial charge in [-0.25, -0.2) is 18.6 Å². The Balaban J connectivity index is 1.60. The summed E-state index contributed by atoms with van der Waals surface area (Å²) in [5.74, 6) is -2.95. The van der Waals surface area contributed by atoms with Gasteiger partial charge < -0.3 is 9.47 Å². The maximum absolute atomic E-state index is 13.3. The summed E-state index contributed by atoms with van der Waals surface area (Å²) in [6, 6.07) is 10.7. The molecule has 1 amide bonds.